The minimum atomic E-state index is -0.103. The summed E-state index contributed by atoms with van der Waals surface area (Å²) >= 11 is 0. The molecule has 0 aliphatic rings. The Hall–Kier alpha value is -1.96. The van der Waals surface area contributed by atoms with Crippen molar-refractivity contribution in [3.8, 4) is 22.6 Å². The molecule has 2 N–H and O–H groups in total. The summed E-state index contributed by atoms with van der Waals surface area (Å²) in [4.78, 5) is 0. The molecule has 2 aromatic rings. The Bertz CT molecular complexity index is 775. The zero-order valence-corrected chi connectivity index (χ0v) is 17.8. The third-order valence-electron chi connectivity index (χ3n) is 4.90. The smallest absolute Gasteiger partial charge is 0.165 e. The van der Waals surface area contributed by atoms with Gasteiger partial charge >= 0.3 is 0 Å². The first-order valence-electron chi connectivity index (χ1n) is 9.35. The van der Waals surface area contributed by atoms with Gasteiger partial charge in [0.25, 0.3) is 0 Å². The predicted octanol–water partition coefficient (Wildman–Crippen LogP) is 6.66. The molecule has 0 bridgehead atoms. The van der Waals surface area contributed by atoms with E-state index in [9.17, 15) is 10.2 Å². The predicted molar refractivity (Wildman–Crippen MR) is 111 cm³/mol. The van der Waals surface area contributed by atoms with Crippen LogP contribution in [0.1, 0.15) is 79.0 Å². The highest BCUT2D eigenvalue weighted by Gasteiger charge is 2.30. The number of benzene rings is 2. The molecule has 0 fully saturated rings. The zero-order valence-electron chi connectivity index (χ0n) is 17.8. The van der Waals surface area contributed by atoms with Gasteiger partial charge in [-0.15, -0.1) is 0 Å². The van der Waals surface area contributed by atoms with Crippen LogP contribution in [0.25, 0.3) is 11.1 Å². The molecule has 2 heteroatoms. The standard InChI is InChI=1S/C24H34O2/c1-22(2,3)15-13-17(23(4,5)6)20(18(14-15)24(7,8)9)16-11-10-12-19(25)21(16)26/h10-14,25-26H,1-9H3. The molecule has 0 unspecified atom stereocenters. The van der Waals surface area contributed by atoms with E-state index >= 15 is 0 Å². The molecule has 0 aliphatic carbocycles. The molecule has 0 saturated carbocycles. The van der Waals surface area contributed by atoms with Crippen molar-refractivity contribution in [2.75, 3.05) is 0 Å². The van der Waals surface area contributed by atoms with Gasteiger partial charge in [-0.05, 0) is 44.6 Å². The Morgan fingerprint density at radius 2 is 1.12 bits per heavy atom. The van der Waals surface area contributed by atoms with Crippen LogP contribution in [0.4, 0.5) is 0 Å². The van der Waals surface area contributed by atoms with Crippen molar-refractivity contribution in [2.24, 2.45) is 0 Å². The van der Waals surface area contributed by atoms with Crippen molar-refractivity contribution >= 4 is 0 Å². The van der Waals surface area contributed by atoms with Gasteiger partial charge in [0.05, 0.1) is 0 Å². The Kier molecular flexibility index (Phi) is 4.96. The number of para-hydroxylation sites is 1. The minimum Gasteiger partial charge on any atom is -0.504 e. The molecule has 142 valence electrons. The van der Waals surface area contributed by atoms with Crippen molar-refractivity contribution in [1.82, 2.24) is 0 Å². The SMILES string of the molecule is CC(C)(C)c1cc(C(C)(C)C)c(-c2cccc(O)c2O)c(C(C)(C)C)c1. The molecular formula is C24H34O2. The molecule has 26 heavy (non-hydrogen) atoms. The molecular weight excluding hydrogens is 320 g/mol. The van der Waals surface area contributed by atoms with E-state index in [1.165, 1.54) is 22.8 Å². The number of hydrogen-bond acceptors (Lipinski definition) is 2. The van der Waals surface area contributed by atoms with E-state index in [0.717, 1.165) is 5.56 Å². The third-order valence-corrected chi connectivity index (χ3v) is 4.90. The maximum Gasteiger partial charge on any atom is 0.165 e. The molecule has 2 rings (SSSR count). The van der Waals surface area contributed by atoms with Crippen LogP contribution < -0.4 is 0 Å². The van der Waals surface area contributed by atoms with Crippen molar-refractivity contribution in [3.63, 3.8) is 0 Å². The van der Waals surface area contributed by atoms with Crippen molar-refractivity contribution in [1.29, 1.82) is 0 Å². The van der Waals surface area contributed by atoms with Gasteiger partial charge in [-0.1, -0.05) is 86.6 Å². The summed E-state index contributed by atoms with van der Waals surface area (Å²) in [5.41, 5.74) is 5.22. The number of rotatable bonds is 1. The van der Waals surface area contributed by atoms with Crippen LogP contribution in [0.3, 0.4) is 0 Å². The summed E-state index contributed by atoms with van der Waals surface area (Å²) in [5.74, 6) is -0.130. The fourth-order valence-corrected chi connectivity index (χ4v) is 3.28. The lowest BCUT2D eigenvalue weighted by Gasteiger charge is -2.34. The number of phenolic OH excluding ortho intramolecular Hbond substituents is 2. The molecule has 0 aromatic heterocycles. The maximum absolute atomic E-state index is 10.6. The fourth-order valence-electron chi connectivity index (χ4n) is 3.28. The van der Waals surface area contributed by atoms with Crippen LogP contribution in [0.15, 0.2) is 30.3 Å². The third kappa shape index (κ3) is 3.90. The summed E-state index contributed by atoms with van der Waals surface area (Å²) in [6.45, 7) is 19.9. The van der Waals surface area contributed by atoms with E-state index in [0.29, 0.717) is 5.56 Å². The van der Waals surface area contributed by atoms with Crippen LogP contribution in [0.5, 0.6) is 11.5 Å². The van der Waals surface area contributed by atoms with E-state index in [1.807, 2.05) is 6.07 Å². The van der Waals surface area contributed by atoms with Crippen molar-refractivity contribution in [3.05, 3.63) is 47.0 Å². The Balaban J connectivity index is 3.04. The molecule has 0 heterocycles. The first-order valence-corrected chi connectivity index (χ1v) is 9.35. The molecule has 0 saturated heterocycles. The van der Waals surface area contributed by atoms with E-state index in [1.54, 1.807) is 6.07 Å². The van der Waals surface area contributed by atoms with Crippen LogP contribution in [-0.4, -0.2) is 10.2 Å². The molecule has 0 atom stereocenters. The van der Waals surface area contributed by atoms with Crippen molar-refractivity contribution in [2.45, 2.75) is 78.6 Å². The molecule has 2 aromatic carbocycles. The molecule has 0 amide bonds. The second-order valence-electron chi connectivity index (χ2n) is 10.4. The van der Waals surface area contributed by atoms with E-state index in [-0.39, 0.29) is 27.7 Å². The van der Waals surface area contributed by atoms with Gasteiger partial charge in [0, 0.05) is 5.56 Å². The highest BCUT2D eigenvalue weighted by Crippen LogP contribution is 2.47. The normalized spacial score (nSPS) is 13.1. The van der Waals surface area contributed by atoms with E-state index in [2.05, 4.69) is 74.4 Å². The number of hydrogen-bond donors (Lipinski definition) is 2. The van der Waals surface area contributed by atoms with E-state index < -0.39 is 0 Å². The molecule has 0 radical (unpaired) electrons. The average Bonchev–Trinajstić information content (AvgIpc) is 2.46. The van der Waals surface area contributed by atoms with Gasteiger partial charge in [0.15, 0.2) is 11.5 Å². The van der Waals surface area contributed by atoms with Crippen LogP contribution >= 0.6 is 0 Å². The van der Waals surface area contributed by atoms with Gasteiger partial charge in [-0.25, -0.2) is 0 Å². The van der Waals surface area contributed by atoms with Crippen LogP contribution in [0, 0.1) is 0 Å². The highest BCUT2D eigenvalue weighted by molar-refractivity contribution is 5.80. The molecule has 0 spiro atoms. The minimum absolute atomic E-state index is 0.0272. The van der Waals surface area contributed by atoms with Gasteiger partial charge in [-0.2, -0.15) is 0 Å². The largest absolute Gasteiger partial charge is 0.504 e. The molecule has 0 aliphatic heterocycles. The summed E-state index contributed by atoms with van der Waals surface area (Å²) in [7, 11) is 0. The first kappa shape index (κ1) is 20.4. The Morgan fingerprint density at radius 3 is 1.50 bits per heavy atom. The Morgan fingerprint density at radius 1 is 0.654 bits per heavy atom. The first-order chi connectivity index (χ1) is 11.6. The fraction of sp³-hybridized carbons (Fsp3) is 0.500. The quantitative estimate of drug-likeness (QED) is 0.562. The number of aromatic hydroxyl groups is 2. The second kappa shape index (κ2) is 6.33. The van der Waals surface area contributed by atoms with Crippen molar-refractivity contribution < 1.29 is 10.2 Å². The topological polar surface area (TPSA) is 40.5 Å². The lowest BCUT2D eigenvalue weighted by atomic mass is 9.71. The van der Waals surface area contributed by atoms with Crippen LogP contribution in [-0.2, 0) is 16.2 Å². The van der Waals surface area contributed by atoms with Crippen LogP contribution in [0.2, 0.25) is 0 Å². The van der Waals surface area contributed by atoms with Gasteiger partial charge in [-0.3, -0.25) is 0 Å². The van der Waals surface area contributed by atoms with Gasteiger partial charge in [0.1, 0.15) is 0 Å². The maximum atomic E-state index is 10.6. The summed E-state index contributed by atoms with van der Waals surface area (Å²) in [6.07, 6.45) is 0. The molecule has 2 nitrogen and oxygen atoms in total. The van der Waals surface area contributed by atoms with Gasteiger partial charge in [0.2, 0.25) is 0 Å². The Labute approximate surface area is 158 Å². The zero-order chi connectivity index (χ0) is 20.1. The summed E-state index contributed by atoms with van der Waals surface area (Å²) in [5, 5.41) is 20.7. The lowest BCUT2D eigenvalue weighted by molar-refractivity contribution is 0.405. The second-order valence-corrected chi connectivity index (χ2v) is 10.4. The average molecular weight is 355 g/mol. The highest BCUT2D eigenvalue weighted by atomic mass is 16.3. The van der Waals surface area contributed by atoms with E-state index in [4.69, 9.17) is 0 Å². The summed E-state index contributed by atoms with van der Waals surface area (Å²) in [6, 6.07) is 9.75. The lowest BCUT2D eigenvalue weighted by Crippen LogP contribution is -2.22. The summed E-state index contributed by atoms with van der Waals surface area (Å²) < 4.78 is 0. The number of phenols is 2. The monoisotopic (exact) mass is 354 g/mol. The van der Waals surface area contributed by atoms with Gasteiger partial charge < -0.3 is 10.2 Å².